The van der Waals surface area contributed by atoms with E-state index >= 15 is 0 Å². The highest BCUT2D eigenvalue weighted by molar-refractivity contribution is 5.79. The van der Waals surface area contributed by atoms with E-state index in [1.165, 1.54) is 0 Å². The molecule has 4 heteroatoms. The summed E-state index contributed by atoms with van der Waals surface area (Å²) in [7, 11) is 0. The van der Waals surface area contributed by atoms with Gasteiger partial charge in [0.15, 0.2) is 0 Å². The van der Waals surface area contributed by atoms with Crippen LogP contribution < -0.4 is 4.57 Å². The van der Waals surface area contributed by atoms with Crippen LogP contribution in [0.25, 0.3) is 28.2 Å². The molecule has 0 amide bonds. The highest BCUT2D eigenvalue weighted by Crippen LogP contribution is 2.31. The molecule has 1 aliphatic heterocycles. The van der Waals surface area contributed by atoms with Gasteiger partial charge in [-0.25, -0.2) is 0 Å². The largest absolute Gasteiger partial charge is 0.414 e. The first-order chi connectivity index (χ1) is 9.42. The first kappa shape index (κ1) is 9.33. The van der Waals surface area contributed by atoms with Crippen LogP contribution in [0.5, 0.6) is 0 Å². The van der Waals surface area contributed by atoms with Gasteiger partial charge in [-0.05, 0) is 24.3 Å². The molecule has 90 valence electrons. The van der Waals surface area contributed by atoms with E-state index in [4.69, 9.17) is 4.42 Å². The molecule has 0 atom stereocenters. The van der Waals surface area contributed by atoms with E-state index < -0.39 is 0 Å². The van der Waals surface area contributed by atoms with Gasteiger partial charge in [-0.15, -0.1) is 0 Å². The van der Waals surface area contributed by atoms with Crippen LogP contribution in [-0.2, 0) is 6.54 Å². The average Bonchev–Trinajstić information content (AvgIpc) is 3.05. The monoisotopic (exact) mass is 248 g/mol. The normalized spacial score (nSPS) is 13.1. The summed E-state index contributed by atoms with van der Waals surface area (Å²) >= 11 is 0. The van der Waals surface area contributed by atoms with Gasteiger partial charge >= 0.3 is 5.65 Å². The lowest BCUT2D eigenvalue weighted by atomic mass is 10.2. The van der Waals surface area contributed by atoms with Crippen LogP contribution in [0.1, 0.15) is 5.69 Å². The van der Waals surface area contributed by atoms with E-state index in [0.717, 1.165) is 40.4 Å². The van der Waals surface area contributed by atoms with Gasteiger partial charge in [0, 0.05) is 12.3 Å². The van der Waals surface area contributed by atoms with Gasteiger partial charge in [-0.2, -0.15) is 8.97 Å². The number of pyridine rings is 2. The van der Waals surface area contributed by atoms with Crippen molar-refractivity contribution in [2.45, 2.75) is 6.54 Å². The Morgan fingerprint density at radius 3 is 3.21 bits per heavy atom. The van der Waals surface area contributed by atoms with Crippen molar-refractivity contribution in [3.63, 3.8) is 0 Å². The summed E-state index contributed by atoms with van der Waals surface area (Å²) in [4.78, 5) is 4.43. The third kappa shape index (κ3) is 1.04. The van der Waals surface area contributed by atoms with Crippen molar-refractivity contribution in [3.05, 3.63) is 54.5 Å². The molecule has 0 radical (unpaired) electrons. The molecule has 0 fully saturated rings. The maximum absolute atomic E-state index is 6.02. The fourth-order valence-electron chi connectivity index (χ4n) is 2.93. The third-order valence-electron chi connectivity index (χ3n) is 3.75. The summed E-state index contributed by atoms with van der Waals surface area (Å²) in [5.74, 6) is 0.909. The Balaban J connectivity index is 1.94. The molecular weight excluding hydrogens is 238 g/mol. The Morgan fingerprint density at radius 1 is 1.21 bits per heavy atom. The first-order valence-electron chi connectivity index (χ1n) is 6.28. The molecule has 0 bridgehead atoms. The van der Waals surface area contributed by atoms with Crippen molar-refractivity contribution in [1.82, 2.24) is 9.38 Å². The number of aromatic nitrogens is 3. The zero-order valence-corrected chi connectivity index (χ0v) is 10.1. The van der Waals surface area contributed by atoms with Crippen molar-refractivity contribution in [2.75, 3.05) is 0 Å². The highest BCUT2D eigenvalue weighted by Gasteiger charge is 2.33. The molecule has 0 saturated heterocycles. The zero-order valence-electron chi connectivity index (χ0n) is 10.1. The van der Waals surface area contributed by atoms with Crippen LogP contribution in [0.3, 0.4) is 0 Å². The van der Waals surface area contributed by atoms with Crippen LogP contribution in [0.4, 0.5) is 0 Å². The van der Waals surface area contributed by atoms with E-state index in [2.05, 4.69) is 38.3 Å². The van der Waals surface area contributed by atoms with Gasteiger partial charge in [-0.1, -0.05) is 6.07 Å². The molecule has 0 aromatic carbocycles. The standard InChI is InChI=1S/C15H10N3O/c1-2-7-17-10(4-1)8-13-14(17)18-9-12-11(15(18)19-13)5-3-6-16-12/h1-8H,9H2/q+1. The topological polar surface area (TPSA) is 34.3 Å². The van der Waals surface area contributed by atoms with Gasteiger partial charge in [0.1, 0.15) is 12.1 Å². The fraction of sp³-hybridized carbons (Fsp3) is 0.0667. The second-order valence-corrected chi connectivity index (χ2v) is 4.82. The Hall–Kier alpha value is -2.62. The quantitative estimate of drug-likeness (QED) is 0.394. The minimum absolute atomic E-state index is 0.777. The number of hydrogen-bond donors (Lipinski definition) is 0. The lowest BCUT2D eigenvalue weighted by molar-refractivity contribution is -0.652. The predicted octanol–water partition coefficient (Wildman–Crippen LogP) is 2.40. The van der Waals surface area contributed by atoms with Gasteiger partial charge in [-0.3, -0.25) is 4.98 Å². The van der Waals surface area contributed by atoms with Crippen LogP contribution in [0.15, 0.2) is 53.2 Å². The highest BCUT2D eigenvalue weighted by atomic mass is 16.4. The maximum atomic E-state index is 6.02. The first-order valence-corrected chi connectivity index (χ1v) is 6.28. The Labute approximate surface area is 108 Å². The summed E-state index contributed by atoms with van der Waals surface area (Å²) < 4.78 is 10.4. The molecule has 19 heavy (non-hydrogen) atoms. The van der Waals surface area contributed by atoms with Crippen molar-refractivity contribution in [3.8, 4) is 11.5 Å². The summed E-state index contributed by atoms with van der Waals surface area (Å²) in [6.07, 6.45) is 3.90. The second kappa shape index (κ2) is 3.03. The molecule has 1 aliphatic rings. The molecule has 5 rings (SSSR count). The van der Waals surface area contributed by atoms with Crippen molar-refractivity contribution in [1.29, 1.82) is 0 Å². The van der Waals surface area contributed by atoms with Crippen LogP contribution in [0, 0.1) is 0 Å². The lowest BCUT2D eigenvalue weighted by Gasteiger charge is -1.90. The molecule has 0 aliphatic carbocycles. The Bertz CT molecular complexity index is 949. The minimum atomic E-state index is 0.777. The molecule has 0 saturated carbocycles. The van der Waals surface area contributed by atoms with E-state index in [1.54, 1.807) is 0 Å². The van der Waals surface area contributed by atoms with Crippen molar-refractivity contribution in [2.24, 2.45) is 0 Å². The van der Waals surface area contributed by atoms with E-state index in [-0.39, 0.29) is 0 Å². The van der Waals surface area contributed by atoms with E-state index in [1.807, 2.05) is 24.4 Å². The summed E-state index contributed by atoms with van der Waals surface area (Å²) in [5, 5.41) is 0. The molecule has 4 nitrogen and oxygen atoms in total. The molecule has 4 aromatic heterocycles. The number of nitrogens with zero attached hydrogens (tertiary/aromatic N) is 3. The number of rotatable bonds is 0. The van der Waals surface area contributed by atoms with Gasteiger partial charge < -0.3 is 4.42 Å². The van der Waals surface area contributed by atoms with Crippen molar-refractivity contribution < 1.29 is 8.98 Å². The van der Waals surface area contributed by atoms with E-state index in [0.29, 0.717) is 0 Å². The van der Waals surface area contributed by atoms with Crippen LogP contribution >= 0.6 is 0 Å². The summed E-state index contributed by atoms with van der Waals surface area (Å²) in [5.41, 5.74) is 5.35. The van der Waals surface area contributed by atoms with Crippen molar-refractivity contribution >= 4 is 16.7 Å². The smallest absolute Gasteiger partial charge is 0.333 e. The molecular formula is C15H10N3O+. The lowest BCUT2D eigenvalue weighted by Crippen LogP contribution is -2.31. The molecule has 4 aromatic rings. The Kier molecular flexibility index (Phi) is 1.49. The number of hydrogen-bond acceptors (Lipinski definition) is 2. The molecule has 5 heterocycles. The SMILES string of the molecule is c1cnc2c(c1)-c1oc3cc4ccccn4c3[n+]1C2. The van der Waals surface area contributed by atoms with Gasteiger partial charge in [0.2, 0.25) is 5.58 Å². The molecule has 0 N–H and O–H groups in total. The molecule has 0 spiro atoms. The summed E-state index contributed by atoms with van der Waals surface area (Å²) in [6, 6.07) is 12.3. The number of fused-ring (bicyclic) bond motifs is 7. The minimum Gasteiger partial charge on any atom is -0.414 e. The van der Waals surface area contributed by atoms with Gasteiger partial charge in [0.05, 0.1) is 17.5 Å². The molecule has 0 unspecified atom stereocenters. The van der Waals surface area contributed by atoms with Crippen LogP contribution in [-0.4, -0.2) is 9.38 Å². The van der Waals surface area contributed by atoms with Gasteiger partial charge in [0.25, 0.3) is 5.89 Å². The van der Waals surface area contributed by atoms with E-state index in [9.17, 15) is 0 Å². The summed E-state index contributed by atoms with van der Waals surface area (Å²) in [6.45, 7) is 0.777. The maximum Gasteiger partial charge on any atom is 0.333 e. The van der Waals surface area contributed by atoms with Crippen LogP contribution in [0.2, 0.25) is 0 Å². The average molecular weight is 248 g/mol. The number of oxazole rings is 1. The third-order valence-corrected chi connectivity index (χ3v) is 3.75. The fourth-order valence-corrected chi connectivity index (χ4v) is 2.93. The predicted molar refractivity (Wildman–Crippen MR) is 69.7 cm³/mol. The Morgan fingerprint density at radius 2 is 2.21 bits per heavy atom. The second-order valence-electron chi connectivity index (χ2n) is 4.82. The zero-order chi connectivity index (χ0) is 12.4.